The molecular weight excluding hydrogens is 228 g/mol. The van der Waals surface area contributed by atoms with Crippen molar-refractivity contribution >= 4 is 17.0 Å². The highest BCUT2D eigenvalue weighted by Gasteiger charge is 2.46. The van der Waals surface area contributed by atoms with Gasteiger partial charge >= 0.3 is 5.97 Å². The molecule has 0 spiro atoms. The Hall–Kier alpha value is -1.84. The zero-order chi connectivity index (χ0) is 12.9. The number of hydrogen-bond donors (Lipinski definition) is 1. The number of fused-ring (bicyclic) bond motifs is 1. The molecule has 1 aliphatic rings. The number of aliphatic carboxylic acids is 1. The third kappa shape index (κ3) is 1.60. The first-order chi connectivity index (χ1) is 8.52. The second-order valence-corrected chi connectivity index (χ2v) is 5.27. The molecule has 3 rings (SSSR count). The van der Waals surface area contributed by atoms with Gasteiger partial charge in [0, 0.05) is 12.5 Å². The second-order valence-electron chi connectivity index (χ2n) is 5.27. The van der Waals surface area contributed by atoms with Crippen molar-refractivity contribution in [2.24, 2.45) is 7.05 Å². The van der Waals surface area contributed by atoms with Gasteiger partial charge in [0.15, 0.2) is 0 Å². The monoisotopic (exact) mass is 244 g/mol. The Kier molecular flexibility index (Phi) is 2.24. The molecule has 1 N–H and O–H groups in total. The van der Waals surface area contributed by atoms with Crippen molar-refractivity contribution < 1.29 is 9.90 Å². The van der Waals surface area contributed by atoms with Crippen molar-refractivity contribution in [3.63, 3.8) is 0 Å². The molecule has 1 fully saturated rings. The third-order valence-electron chi connectivity index (χ3n) is 4.06. The van der Waals surface area contributed by atoms with E-state index in [1.54, 1.807) is 0 Å². The lowest BCUT2D eigenvalue weighted by molar-refractivity contribution is -0.137. The number of carboxylic acids is 1. The molecule has 1 heterocycles. The molecule has 94 valence electrons. The molecule has 1 saturated carbocycles. The number of aromatic nitrogens is 2. The van der Waals surface area contributed by atoms with E-state index in [0.717, 1.165) is 35.3 Å². The number of imidazole rings is 1. The van der Waals surface area contributed by atoms with Crippen LogP contribution in [0.25, 0.3) is 11.0 Å². The minimum atomic E-state index is -0.718. The minimum Gasteiger partial charge on any atom is -0.481 e. The summed E-state index contributed by atoms with van der Waals surface area (Å²) in [5.41, 5.74) is 3.05. The quantitative estimate of drug-likeness (QED) is 0.902. The molecule has 0 amide bonds. The number of aryl methyl sites for hydroxylation is 2. The number of nitrogens with zero attached hydrogens (tertiary/aromatic N) is 2. The summed E-state index contributed by atoms with van der Waals surface area (Å²) in [6.45, 7) is 1.98. The fraction of sp³-hybridized carbons (Fsp3) is 0.429. The Morgan fingerprint density at radius 3 is 2.83 bits per heavy atom. The van der Waals surface area contributed by atoms with E-state index in [9.17, 15) is 4.79 Å². The predicted octanol–water partition coefficient (Wildman–Crippen LogP) is 2.39. The fourth-order valence-electron chi connectivity index (χ4n) is 2.66. The van der Waals surface area contributed by atoms with Gasteiger partial charge in [0.05, 0.1) is 17.5 Å². The zero-order valence-corrected chi connectivity index (χ0v) is 10.6. The van der Waals surface area contributed by atoms with Gasteiger partial charge in [-0.3, -0.25) is 4.79 Å². The normalized spacial score (nSPS) is 17.0. The van der Waals surface area contributed by atoms with Gasteiger partial charge in [0.2, 0.25) is 0 Å². The van der Waals surface area contributed by atoms with E-state index in [-0.39, 0.29) is 11.8 Å². The van der Waals surface area contributed by atoms with E-state index < -0.39 is 5.97 Å². The van der Waals surface area contributed by atoms with Gasteiger partial charge in [0.1, 0.15) is 5.82 Å². The highest BCUT2D eigenvalue weighted by molar-refractivity contribution is 5.78. The van der Waals surface area contributed by atoms with Crippen LogP contribution in [0.2, 0.25) is 0 Å². The van der Waals surface area contributed by atoms with Crippen LogP contribution in [0.4, 0.5) is 0 Å². The van der Waals surface area contributed by atoms with Crippen LogP contribution in [-0.2, 0) is 17.3 Å². The van der Waals surface area contributed by atoms with Crippen LogP contribution in [0.1, 0.15) is 30.7 Å². The van der Waals surface area contributed by atoms with Crippen molar-refractivity contribution in [1.82, 2.24) is 9.55 Å². The Morgan fingerprint density at radius 2 is 2.22 bits per heavy atom. The summed E-state index contributed by atoms with van der Waals surface area (Å²) in [7, 11) is 1.99. The molecule has 4 heteroatoms. The predicted molar refractivity (Wildman–Crippen MR) is 68.6 cm³/mol. The fourth-order valence-corrected chi connectivity index (χ4v) is 2.66. The SMILES string of the molecule is Cc1nc2cc(C3(CC(=O)O)CC3)ccc2n1C. The van der Waals surface area contributed by atoms with Crippen LogP contribution in [-0.4, -0.2) is 20.6 Å². The van der Waals surface area contributed by atoms with Crippen molar-refractivity contribution in [3.8, 4) is 0 Å². The average molecular weight is 244 g/mol. The van der Waals surface area contributed by atoms with E-state index in [1.165, 1.54) is 0 Å². The minimum absolute atomic E-state index is 0.133. The standard InChI is InChI=1S/C14H16N2O2/c1-9-15-11-7-10(3-4-12(11)16(9)2)14(5-6-14)8-13(17)18/h3-4,7H,5-6,8H2,1-2H3,(H,17,18). The van der Waals surface area contributed by atoms with Gasteiger partial charge in [-0.2, -0.15) is 0 Å². The first-order valence-corrected chi connectivity index (χ1v) is 6.17. The Labute approximate surface area is 105 Å². The molecule has 0 aliphatic heterocycles. The molecule has 0 atom stereocenters. The largest absolute Gasteiger partial charge is 0.481 e. The van der Waals surface area contributed by atoms with Crippen LogP contribution in [0.3, 0.4) is 0 Å². The Bertz CT molecular complexity index is 639. The van der Waals surface area contributed by atoms with Gasteiger partial charge in [-0.05, 0) is 37.5 Å². The van der Waals surface area contributed by atoms with E-state index in [0.29, 0.717) is 0 Å². The summed E-state index contributed by atoms with van der Waals surface area (Å²) >= 11 is 0. The summed E-state index contributed by atoms with van der Waals surface area (Å²) in [5, 5.41) is 8.99. The highest BCUT2D eigenvalue weighted by atomic mass is 16.4. The topological polar surface area (TPSA) is 55.1 Å². The van der Waals surface area contributed by atoms with Crippen LogP contribution in [0, 0.1) is 6.92 Å². The van der Waals surface area contributed by atoms with Crippen LogP contribution in [0.15, 0.2) is 18.2 Å². The molecule has 0 unspecified atom stereocenters. The lowest BCUT2D eigenvalue weighted by Gasteiger charge is -2.12. The lowest BCUT2D eigenvalue weighted by atomic mass is 9.92. The van der Waals surface area contributed by atoms with Gasteiger partial charge < -0.3 is 9.67 Å². The molecule has 0 saturated heterocycles. The maximum absolute atomic E-state index is 10.9. The Balaban J connectivity index is 2.06. The molecule has 0 bridgehead atoms. The molecule has 1 aromatic carbocycles. The van der Waals surface area contributed by atoms with Crippen molar-refractivity contribution in [2.45, 2.75) is 31.6 Å². The van der Waals surface area contributed by atoms with E-state index in [1.807, 2.05) is 20.0 Å². The average Bonchev–Trinajstić information content (AvgIpc) is 3.02. The summed E-state index contributed by atoms with van der Waals surface area (Å²) < 4.78 is 2.05. The van der Waals surface area contributed by atoms with Crippen molar-refractivity contribution in [1.29, 1.82) is 0 Å². The van der Waals surface area contributed by atoms with E-state index >= 15 is 0 Å². The molecule has 1 aliphatic carbocycles. The maximum Gasteiger partial charge on any atom is 0.304 e. The summed E-state index contributed by atoms with van der Waals surface area (Å²) in [5.74, 6) is 0.259. The van der Waals surface area contributed by atoms with E-state index in [4.69, 9.17) is 5.11 Å². The number of rotatable bonds is 3. The third-order valence-corrected chi connectivity index (χ3v) is 4.06. The zero-order valence-electron chi connectivity index (χ0n) is 10.6. The highest BCUT2D eigenvalue weighted by Crippen LogP contribution is 2.51. The molecule has 1 aromatic heterocycles. The van der Waals surface area contributed by atoms with E-state index in [2.05, 4.69) is 21.7 Å². The van der Waals surface area contributed by atoms with Gasteiger partial charge in [0.25, 0.3) is 0 Å². The molecule has 0 radical (unpaired) electrons. The molecule has 2 aromatic rings. The van der Waals surface area contributed by atoms with Crippen LogP contribution >= 0.6 is 0 Å². The van der Waals surface area contributed by atoms with Gasteiger partial charge in [-0.1, -0.05) is 6.07 Å². The number of carboxylic acid groups (broad SMARTS) is 1. The number of carbonyl (C=O) groups is 1. The number of benzene rings is 1. The van der Waals surface area contributed by atoms with Crippen molar-refractivity contribution in [3.05, 3.63) is 29.6 Å². The molecular formula is C14H16N2O2. The lowest BCUT2D eigenvalue weighted by Crippen LogP contribution is -2.12. The van der Waals surface area contributed by atoms with Crippen molar-refractivity contribution in [2.75, 3.05) is 0 Å². The maximum atomic E-state index is 10.9. The van der Waals surface area contributed by atoms with Gasteiger partial charge in [-0.15, -0.1) is 0 Å². The van der Waals surface area contributed by atoms with Crippen LogP contribution < -0.4 is 0 Å². The van der Waals surface area contributed by atoms with Gasteiger partial charge in [-0.25, -0.2) is 4.98 Å². The summed E-state index contributed by atoms with van der Waals surface area (Å²) in [6, 6.07) is 6.16. The second kappa shape index (κ2) is 3.57. The molecule has 4 nitrogen and oxygen atoms in total. The number of hydrogen-bond acceptors (Lipinski definition) is 2. The summed E-state index contributed by atoms with van der Waals surface area (Å²) in [6.07, 6.45) is 2.16. The van der Waals surface area contributed by atoms with Crippen LogP contribution in [0.5, 0.6) is 0 Å². The first-order valence-electron chi connectivity index (χ1n) is 6.17. The Morgan fingerprint density at radius 1 is 1.50 bits per heavy atom. The summed E-state index contributed by atoms with van der Waals surface area (Å²) in [4.78, 5) is 15.4. The first kappa shape index (κ1) is 11.3. The molecule has 18 heavy (non-hydrogen) atoms. The smallest absolute Gasteiger partial charge is 0.304 e.